The second-order valence-electron chi connectivity index (χ2n) is 8.05. The van der Waals surface area contributed by atoms with Crippen LogP contribution in [-0.4, -0.2) is 22.7 Å². The van der Waals surface area contributed by atoms with Crippen LogP contribution in [0.15, 0.2) is 54.7 Å². The Morgan fingerprint density at radius 1 is 1.14 bits per heavy atom. The molecule has 3 aromatic rings. The Bertz CT molecular complexity index is 926. The molecule has 0 unspecified atom stereocenters. The van der Waals surface area contributed by atoms with Gasteiger partial charge in [0.2, 0.25) is 0 Å². The van der Waals surface area contributed by atoms with Crippen molar-refractivity contribution in [1.82, 2.24) is 10.3 Å². The Hall–Kier alpha value is -2.95. The first-order valence-corrected chi connectivity index (χ1v) is 9.56. The van der Waals surface area contributed by atoms with Crippen molar-refractivity contribution < 1.29 is 14.3 Å². The van der Waals surface area contributed by atoms with Crippen molar-refractivity contribution in [3.63, 3.8) is 0 Å². The maximum Gasteiger partial charge on any atom is 0.407 e. The number of fused-ring (bicyclic) bond motifs is 1. The zero-order valence-electron chi connectivity index (χ0n) is 16.9. The van der Waals surface area contributed by atoms with Crippen LogP contribution in [0.2, 0.25) is 0 Å². The molecule has 0 spiro atoms. The third kappa shape index (κ3) is 5.52. The lowest BCUT2D eigenvalue weighted by molar-refractivity contribution is 0.0508. The molecule has 3 rings (SSSR count). The number of amides is 1. The van der Waals surface area contributed by atoms with E-state index in [-0.39, 0.29) is 6.04 Å². The molecule has 148 valence electrons. The van der Waals surface area contributed by atoms with Crippen LogP contribution in [0.3, 0.4) is 0 Å². The molecule has 0 bridgehead atoms. The van der Waals surface area contributed by atoms with E-state index < -0.39 is 11.7 Å². The average Bonchev–Trinajstić information content (AvgIpc) is 3.01. The van der Waals surface area contributed by atoms with Crippen molar-refractivity contribution >= 4 is 17.0 Å². The molecule has 1 amide bonds. The minimum absolute atomic E-state index is 0.0530. The number of aromatic nitrogens is 1. The van der Waals surface area contributed by atoms with Gasteiger partial charge in [-0.3, -0.25) is 0 Å². The number of carbonyl (C=O) groups is 1. The number of H-pyrrole nitrogens is 1. The summed E-state index contributed by atoms with van der Waals surface area (Å²) >= 11 is 0. The number of hydrogen-bond donors (Lipinski definition) is 2. The Balaban J connectivity index is 1.65. The zero-order valence-corrected chi connectivity index (χ0v) is 16.9. The number of rotatable bonds is 6. The normalized spacial score (nSPS) is 12.6. The van der Waals surface area contributed by atoms with Gasteiger partial charge in [-0.05, 0) is 63.4 Å². The van der Waals surface area contributed by atoms with Crippen LogP contribution in [-0.2, 0) is 17.8 Å². The van der Waals surface area contributed by atoms with E-state index in [1.54, 1.807) is 0 Å². The summed E-state index contributed by atoms with van der Waals surface area (Å²) in [6.07, 6.45) is 2.28. The van der Waals surface area contributed by atoms with Gasteiger partial charge < -0.3 is 19.8 Å². The molecule has 2 N–H and O–H groups in total. The minimum Gasteiger partial charge on any atom is -0.489 e. The molecule has 0 aliphatic rings. The highest BCUT2D eigenvalue weighted by molar-refractivity contribution is 5.84. The first-order valence-electron chi connectivity index (χ1n) is 9.56. The topological polar surface area (TPSA) is 63.3 Å². The summed E-state index contributed by atoms with van der Waals surface area (Å²) in [5.41, 5.74) is 2.80. The first-order chi connectivity index (χ1) is 13.3. The van der Waals surface area contributed by atoms with Gasteiger partial charge in [0.25, 0.3) is 0 Å². The van der Waals surface area contributed by atoms with Crippen molar-refractivity contribution in [3.8, 4) is 5.75 Å². The third-order valence-electron chi connectivity index (χ3n) is 4.28. The van der Waals surface area contributed by atoms with E-state index in [0.717, 1.165) is 27.8 Å². The summed E-state index contributed by atoms with van der Waals surface area (Å²) in [7, 11) is 0. The first kappa shape index (κ1) is 19.8. The summed E-state index contributed by atoms with van der Waals surface area (Å²) in [6, 6.07) is 16.1. The van der Waals surface area contributed by atoms with E-state index in [1.165, 1.54) is 0 Å². The van der Waals surface area contributed by atoms with E-state index in [1.807, 2.05) is 82.4 Å². The van der Waals surface area contributed by atoms with Gasteiger partial charge in [-0.25, -0.2) is 4.79 Å². The Morgan fingerprint density at radius 3 is 2.61 bits per heavy atom. The molecular formula is C23H28N2O3. The molecule has 28 heavy (non-hydrogen) atoms. The van der Waals surface area contributed by atoms with Crippen LogP contribution in [0.1, 0.15) is 38.8 Å². The number of nitrogens with one attached hydrogen (secondary N) is 2. The summed E-state index contributed by atoms with van der Waals surface area (Å²) in [4.78, 5) is 15.3. The van der Waals surface area contributed by atoms with Gasteiger partial charge in [0.1, 0.15) is 18.0 Å². The molecule has 0 saturated heterocycles. The van der Waals surface area contributed by atoms with Crippen LogP contribution >= 0.6 is 0 Å². The molecule has 0 aliphatic heterocycles. The Kier molecular flexibility index (Phi) is 5.93. The van der Waals surface area contributed by atoms with Gasteiger partial charge in [0.15, 0.2) is 0 Å². The highest BCUT2D eigenvalue weighted by Crippen LogP contribution is 2.25. The van der Waals surface area contributed by atoms with Crippen molar-refractivity contribution in [2.75, 3.05) is 0 Å². The highest BCUT2D eigenvalue weighted by atomic mass is 16.6. The van der Waals surface area contributed by atoms with Gasteiger partial charge >= 0.3 is 6.09 Å². The molecule has 1 heterocycles. The quantitative estimate of drug-likeness (QED) is 0.617. The van der Waals surface area contributed by atoms with Crippen LogP contribution in [0, 0.1) is 0 Å². The van der Waals surface area contributed by atoms with Gasteiger partial charge in [-0.15, -0.1) is 0 Å². The van der Waals surface area contributed by atoms with E-state index in [0.29, 0.717) is 13.0 Å². The predicted octanol–water partition coefficient (Wildman–Crippen LogP) is 5.20. The molecule has 5 nitrogen and oxygen atoms in total. The lowest BCUT2D eigenvalue weighted by atomic mass is 10.1. The fourth-order valence-electron chi connectivity index (χ4n) is 3.05. The number of benzene rings is 2. The monoisotopic (exact) mass is 380 g/mol. The lowest BCUT2D eigenvalue weighted by Gasteiger charge is -2.21. The fraction of sp³-hybridized carbons (Fsp3) is 0.348. The second kappa shape index (κ2) is 8.38. The number of hydrogen-bond acceptors (Lipinski definition) is 3. The van der Waals surface area contributed by atoms with Crippen molar-refractivity contribution in [2.24, 2.45) is 0 Å². The molecule has 5 heteroatoms. The zero-order chi connectivity index (χ0) is 20.1. The maximum absolute atomic E-state index is 12.0. The van der Waals surface area contributed by atoms with Gasteiger partial charge in [0.05, 0.1) is 0 Å². The van der Waals surface area contributed by atoms with Crippen LogP contribution in [0.25, 0.3) is 10.9 Å². The van der Waals surface area contributed by atoms with Crippen molar-refractivity contribution in [1.29, 1.82) is 0 Å². The number of carbonyl (C=O) groups excluding carboxylic acids is 1. The van der Waals surface area contributed by atoms with Crippen molar-refractivity contribution in [2.45, 2.75) is 52.4 Å². The molecule has 0 fully saturated rings. The minimum atomic E-state index is -0.504. The summed E-state index contributed by atoms with van der Waals surface area (Å²) in [5.74, 6) is 0.824. The number of aromatic amines is 1. The maximum atomic E-state index is 12.0. The van der Waals surface area contributed by atoms with E-state index in [9.17, 15) is 4.79 Å². The summed E-state index contributed by atoms with van der Waals surface area (Å²) in [6.45, 7) is 8.07. The Morgan fingerprint density at radius 2 is 1.89 bits per heavy atom. The van der Waals surface area contributed by atoms with Crippen LogP contribution in [0.5, 0.6) is 5.75 Å². The average molecular weight is 380 g/mol. The highest BCUT2D eigenvalue weighted by Gasteiger charge is 2.18. The Labute approximate surface area is 166 Å². The largest absolute Gasteiger partial charge is 0.489 e. The molecule has 0 radical (unpaired) electrons. The molecule has 0 aliphatic carbocycles. The number of alkyl carbamates (subject to hydrolysis) is 1. The predicted molar refractivity (Wildman–Crippen MR) is 112 cm³/mol. The standard InChI is InChI=1S/C23H28N2O3/c1-16(25-22(26)28-23(2,3)4)12-18-14-24-21-11-10-19(13-20(18)21)27-15-17-8-6-5-7-9-17/h5-11,13-14,16,24H,12,15H2,1-4H3,(H,25,26)/t16-/m1/s1. The summed E-state index contributed by atoms with van der Waals surface area (Å²) in [5, 5.41) is 3.99. The van der Waals surface area contributed by atoms with Crippen LogP contribution < -0.4 is 10.1 Å². The molecular weight excluding hydrogens is 352 g/mol. The van der Waals surface area contributed by atoms with Crippen molar-refractivity contribution in [3.05, 3.63) is 65.9 Å². The molecule has 2 aromatic carbocycles. The lowest BCUT2D eigenvalue weighted by Crippen LogP contribution is -2.38. The van der Waals surface area contributed by atoms with Gasteiger partial charge in [-0.2, -0.15) is 0 Å². The smallest absolute Gasteiger partial charge is 0.407 e. The van der Waals surface area contributed by atoms with Crippen LogP contribution in [0.4, 0.5) is 4.79 Å². The second-order valence-corrected chi connectivity index (χ2v) is 8.05. The molecule has 1 aromatic heterocycles. The van der Waals surface area contributed by atoms with Gasteiger partial charge in [-0.1, -0.05) is 30.3 Å². The SMILES string of the molecule is C[C@H](Cc1c[nH]c2ccc(OCc3ccccc3)cc12)NC(=O)OC(C)(C)C. The fourth-order valence-corrected chi connectivity index (χ4v) is 3.05. The van der Waals surface area contributed by atoms with E-state index in [2.05, 4.69) is 10.3 Å². The molecule has 0 saturated carbocycles. The summed E-state index contributed by atoms with van der Waals surface area (Å²) < 4.78 is 11.3. The van der Waals surface area contributed by atoms with Gasteiger partial charge in [0, 0.05) is 23.1 Å². The molecule has 1 atom stereocenters. The number of ether oxygens (including phenoxy) is 2. The third-order valence-corrected chi connectivity index (χ3v) is 4.28. The van der Waals surface area contributed by atoms with E-state index in [4.69, 9.17) is 9.47 Å². The van der Waals surface area contributed by atoms with E-state index >= 15 is 0 Å².